The number of carbonyl (C=O) groups excluding carboxylic acids is 1. The van der Waals surface area contributed by atoms with Crippen LogP contribution in [-0.2, 0) is 22.3 Å². The quantitative estimate of drug-likeness (QED) is 0.764. The average Bonchev–Trinajstić information content (AvgIpc) is 2.93. The molecule has 0 spiro atoms. The molecule has 25 heavy (non-hydrogen) atoms. The molecule has 5 nitrogen and oxygen atoms in total. The Balaban J connectivity index is 0.00000312. The van der Waals surface area contributed by atoms with Crippen LogP contribution in [0.25, 0.3) is 0 Å². The third-order valence-electron chi connectivity index (χ3n) is 3.84. The van der Waals surface area contributed by atoms with E-state index >= 15 is 0 Å². The van der Waals surface area contributed by atoms with Crippen LogP contribution in [0.4, 0.5) is 17.6 Å². The predicted octanol–water partition coefficient (Wildman–Crippen LogP) is 2.29. The van der Waals surface area contributed by atoms with Crippen LogP contribution >= 0.6 is 12.4 Å². The van der Waals surface area contributed by atoms with Crippen molar-refractivity contribution in [3.05, 3.63) is 35.1 Å². The van der Waals surface area contributed by atoms with Gasteiger partial charge in [0.2, 0.25) is 5.91 Å². The Morgan fingerprint density at radius 1 is 1.32 bits per heavy atom. The molecule has 2 rings (SSSR count). The van der Waals surface area contributed by atoms with Crippen molar-refractivity contribution < 1.29 is 32.3 Å². The number of hydrogen-bond donors (Lipinski definition) is 2. The number of carboxylic acid groups (broad SMARTS) is 1. The van der Waals surface area contributed by atoms with Gasteiger partial charge in [-0.05, 0) is 30.7 Å². The number of rotatable bonds is 5. The van der Waals surface area contributed by atoms with Crippen molar-refractivity contribution in [3.8, 4) is 0 Å². The van der Waals surface area contributed by atoms with Gasteiger partial charge in [-0.3, -0.25) is 14.5 Å². The van der Waals surface area contributed by atoms with Gasteiger partial charge in [0.25, 0.3) is 0 Å². The minimum absolute atomic E-state index is 0. The molecule has 1 aliphatic heterocycles. The van der Waals surface area contributed by atoms with Gasteiger partial charge >= 0.3 is 12.1 Å². The number of nitrogens with one attached hydrogen (secondary N) is 1. The second kappa shape index (κ2) is 8.48. The van der Waals surface area contributed by atoms with Crippen LogP contribution in [0.15, 0.2) is 18.2 Å². The summed E-state index contributed by atoms with van der Waals surface area (Å²) >= 11 is 0. The molecule has 140 valence electrons. The number of halogens is 5. The molecule has 0 bridgehead atoms. The minimum Gasteiger partial charge on any atom is -0.481 e. The topological polar surface area (TPSA) is 69.6 Å². The van der Waals surface area contributed by atoms with Crippen LogP contribution in [-0.4, -0.2) is 41.5 Å². The van der Waals surface area contributed by atoms with Crippen LogP contribution < -0.4 is 5.32 Å². The Labute approximate surface area is 147 Å². The Bertz CT molecular complexity index is 640. The molecule has 0 radical (unpaired) electrons. The molecule has 10 heteroatoms. The number of benzene rings is 1. The highest BCUT2D eigenvalue weighted by Crippen LogP contribution is 2.32. The summed E-state index contributed by atoms with van der Waals surface area (Å²) in [5, 5.41) is 11.2. The maximum atomic E-state index is 13.0. The second-order valence-electron chi connectivity index (χ2n) is 5.63. The van der Waals surface area contributed by atoms with E-state index in [0.29, 0.717) is 19.0 Å². The molecule has 0 saturated carbocycles. The van der Waals surface area contributed by atoms with Crippen LogP contribution in [0.1, 0.15) is 17.5 Å². The van der Waals surface area contributed by atoms with Gasteiger partial charge in [-0.2, -0.15) is 13.2 Å². The second-order valence-corrected chi connectivity index (χ2v) is 5.63. The lowest BCUT2D eigenvalue weighted by Crippen LogP contribution is -2.36. The molecule has 1 aliphatic rings. The Morgan fingerprint density at radius 3 is 2.56 bits per heavy atom. The van der Waals surface area contributed by atoms with Gasteiger partial charge in [0, 0.05) is 13.1 Å². The first-order valence-electron chi connectivity index (χ1n) is 7.24. The number of alkyl halides is 3. The van der Waals surface area contributed by atoms with Crippen molar-refractivity contribution in [2.24, 2.45) is 5.92 Å². The number of likely N-dealkylation sites (tertiary alicyclic amines) is 1. The van der Waals surface area contributed by atoms with E-state index in [1.165, 1.54) is 0 Å². The van der Waals surface area contributed by atoms with Gasteiger partial charge in [0.1, 0.15) is 5.82 Å². The zero-order valence-electron chi connectivity index (χ0n) is 13.0. The highest BCUT2D eigenvalue weighted by atomic mass is 35.5. The molecule has 1 atom stereocenters. The van der Waals surface area contributed by atoms with Crippen molar-refractivity contribution in [3.63, 3.8) is 0 Å². The summed E-state index contributed by atoms with van der Waals surface area (Å²) < 4.78 is 51.6. The molecule has 0 aliphatic carbocycles. The summed E-state index contributed by atoms with van der Waals surface area (Å²) in [6.07, 6.45) is -4.29. The molecule has 0 aromatic heterocycles. The van der Waals surface area contributed by atoms with E-state index in [-0.39, 0.29) is 37.6 Å². The normalized spacial score (nSPS) is 17.8. The molecule has 1 unspecified atom stereocenters. The molecule has 2 N–H and O–H groups in total. The number of hydrogen-bond acceptors (Lipinski definition) is 3. The first-order chi connectivity index (χ1) is 11.2. The highest BCUT2D eigenvalue weighted by Gasteiger charge is 2.34. The number of nitrogens with zero attached hydrogens (tertiary/aromatic N) is 1. The number of carbonyl (C=O) groups is 2. The lowest BCUT2D eigenvalue weighted by atomic mass is 10.1. The Kier molecular flexibility index (Phi) is 7.18. The molecular weight excluding hydrogens is 368 g/mol. The first kappa shape index (κ1) is 21.2. The Hall–Kier alpha value is -1.87. The van der Waals surface area contributed by atoms with E-state index in [1.54, 1.807) is 4.90 Å². The first-order valence-corrected chi connectivity index (χ1v) is 7.24. The largest absolute Gasteiger partial charge is 0.481 e. The summed E-state index contributed by atoms with van der Waals surface area (Å²) in [7, 11) is 0. The van der Waals surface area contributed by atoms with Crippen molar-refractivity contribution in [2.75, 3.05) is 19.6 Å². The molecular formula is C15H17ClF4N2O3. The minimum atomic E-state index is -4.72. The maximum Gasteiger partial charge on any atom is 0.416 e. The SMILES string of the molecule is Cl.O=C(CN1CCC(C(=O)O)C1)NCc1ccc(F)cc1C(F)(F)F. The number of carboxylic acids is 1. The van der Waals surface area contributed by atoms with Gasteiger partial charge in [0.05, 0.1) is 18.0 Å². The zero-order valence-corrected chi connectivity index (χ0v) is 13.8. The molecule has 1 fully saturated rings. The van der Waals surface area contributed by atoms with Crippen molar-refractivity contribution in [2.45, 2.75) is 19.1 Å². The Morgan fingerprint density at radius 2 is 2.00 bits per heavy atom. The zero-order chi connectivity index (χ0) is 17.9. The van der Waals surface area contributed by atoms with E-state index in [9.17, 15) is 27.2 Å². The lowest BCUT2D eigenvalue weighted by molar-refractivity contribution is -0.141. The van der Waals surface area contributed by atoms with Crippen LogP contribution in [0.2, 0.25) is 0 Å². The average molecular weight is 385 g/mol. The van der Waals surface area contributed by atoms with Crippen molar-refractivity contribution in [1.29, 1.82) is 0 Å². The van der Waals surface area contributed by atoms with Gasteiger partial charge < -0.3 is 10.4 Å². The van der Waals surface area contributed by atoms with E-state index in [2.05, 4.69) is 5.32 Å². The number of amides is 1. The lowest BCUT2D eigenvalue weighted by Gasteiger charge is -2.16. The summed E-state index contributed by atoms with van der Waals surface area (Å²) in [6.45, 7) is 0.193. The predicted molar refractivity (Wildman–Crippen MR) is 82.7 cm³/mol. The smallest absolute Gasteiger partial charge is 0.416 e. The molecule has 1 aromatic rings. The fourth-order valence-electron chi connectivity index (χ4n) is 2.60. The summed E-state index contributed by atoms with van der Waals surface area (Å²) in [5.74, 6) is -2.99. The fourth-order valence-corrected chi connectivity index (χ4v) is 2.60. The van der Waals surface area contributed by atoms with Gasteiger partial charge in [-0.25, -0.2) is 4.39 Å². The molecule has 1 aromatic carbocycles. The fraction of sp³-hybridized carbons (Fsp3) is 0.467. The van der Waals surface area contributed by atoms with E-state index in [1.807, 2.05) is 0 Å². The van der Waals surface area contributed by atoms with Gasteiger partial charge in [0.15, 0.2) is 0 Å². The van der Waals surface area contributed by atoms with Gasteiger partial charge in [-0.1, -0.05) is 6.07 Å². The molecule has 1 saturated heterocycles. The maximum absolute atomic E-state index is 13.0. The molecule has 1 heterocycles. The van der Waals surface area contributed by atoms with E-state index in [4.69, 9.17) is 5.11 Å². The standard InChI is InChI=1S/C15H16F4N2O3.ClH/c16-11-2-1-9(12(5-11)15(17,18)19)6-20-13(22)8-21-4-3-10(7-21)14(23)24;/h1-2,5,10H,3-4,6-8H2,(H,20,22)(H,23,24);1H. The van der Waals surface area contributed by atoms with Crippen molar-refractivity contribution >= 4 is 24.3 Å². The summed E-state index contributed by atoms with van der Waals surface area (Å²) in [6, 6.07) is 2.27. The summed E-state index contributed by atoms with van der Waals surface area (Å²) in [4.78, 5) is 24.3. The molecule has 1 amide bonds. The highest BCUT2D eigenvalue weighted by molar-refractivity contribution is 5.85. The van der Waals surface area contributed by atoms with Crippen LogP contribution in [0.5, 0.6) is 0 Å². The van der Waals surface area contributed by atoms with E-state index < -0.39 is 35.4 Å². The third-order valence-corrected chi connectivity index (χ3v) is 3.84. The monoisotopic (exact) mass is 384 g/mol. The third kappa shape index (κ3) is 5.86. The van der Waals surface area contributed by atoms with E-state index in [0.717, 1.165) is 12.1 Å². The number of aliphatic carboxylic acids is 1. The van der Waals surface area contributed by atoms with Crippen LogP contribution in [0.3, 0.4) is 0 Å². The van der Waals surface area contributed by atoms with Gasteiger partial charge in [-0.15, -0.1) is 12.4 Å². The van der Waals surface area contributed by atoms with Crippen molar-refractivity contribution in [1.82, 2.24) is 10.2 Å². The summed E-state index contributed by atoms with van der Waals surface area (Å²) in [5.41, 5.74) is -1.36. The van der Waals surface area contributed by atoms with Crippen LogP contribution in [0, 0.1) is 11.7 Å².